The molecule has 0 unspecified atom stereocenters. The highest BCUT2D eigenvalue weighted by Crippen LogP contribution is 2.39. The highest BCUT2D eigenvalue weighted by molar-refractivity contribution is 5.73. The Morgan fingerprint density at radius 2 is 1.96 bits per heavy atom. The fourth-order valence-electron chi connectivity index (χ4n) is 4.68. The predicted octanol–water partition coefficient (Wildman–Crippen LogP) is 0.677. The van der Waals surface area contributed by atoms with Gasteiger partial charge in [0.25, 0.3) is 0 Å². The van der Waals surface area contributed by atoms with Gasteiger partial charge in [-0.05, 0) is 24.1 Å². The molecule has 3 heterocycles. The lowest BCUT2D eigenvalue weighted by atomic mass is 9.83. The van der Waals surface area contributed by atoms with Crippen molar-refractivity contribution in [2.45, 2.75) is 37.6 Å². The van der Waals surface area contributed by atoms with Crippen LogP contribution in [-0.4, -0.2) is 76.1 Å². The second-order valence-electron chi connectivity index (χ2n) is 7.59. The molecule has 1 amide bonds. The molecule has 1 spiro atoms. The minimum absolute atomic E-state index is 0.0356. The first-order chi connectivity index (χ1) is 11.4. The van der Waals surface area contributed by atoms with Crippen molar-refractivity contribution in [1.29, 1.82) is 0 Å². The molecule has 3 aliphatic rings. The first kappa shape index (κ1) is 16.0. The minimum atomic E-state index is -0.287. The molecule has 24 heavy (non-hydrogen) atoms. The summed E-state index contributed by atoms with van der Waals surface area (Å²) in [5.41, 5.74) is 1.06. The highest BCUT2D eigenvalue weighted by atomic mass is 19.1. The lowest BCUT2D eigenvalue weighted by molar-refractivity contribution is -0.149. The third-order valence-electron chi connectivity index (χ3n) is 5.72. The number of fused-ring (bicyclic) bond motifs is 2. The number of piperazine rings is 1. The molecule has 0 saturated carbocycles. The molecule has 1 aromatic carbocycles. The van der Waals surface area contributed by atoms with Crippen molar-refractivity contribution in [3.05, 3.63) is 35.6 Å². The summed E-state index contributed by atoms with van der Waals surface area (Å²) in [7, 11) is 0. The number of aliphatic hydroxyl groups is 1. The third-order valence-corrected chi connectivity index (χ3v) is 5.72. The van der Waals surface area contributed by atoms with Crippen LogP contribution in [-0.2, 0) is 11.3 Å². The number of benzene rings is 1. The smallest absolute Gasteiger partial charge is 0.219 e. The zero-order valence-electron chi connectivity index (χ0n) is 14.0. The minimum Gasteiger partial charge on any atom is -0.392 e. The Bertz CT molecular complexity index is 630. The number of aliphatic hydroxyl groups excluding tert-OH is 1. The topological polar surface area (TPSA) is 47.0 Å². The molecule has 2 atom stereocenters. The summed E-state index contributed by atoms with van der Waals surface area (Å²) in [6.07, 6.45) is 0.466. The average molecular weight is 333 g/mol. The van der Waals surface area contributed by atoms with Gasteiger partial charge in [-0.1, -0.05) is 12.1 Å². The molecule has 0 radical (unpaired) electrons. The summed E-state index contributed by atoms with van der Waals surface area (Å²) in [5, 5.41) is 10.1. The second kappa shape index (κ2) is 5.79. The Balaban J connectivity index is 1.46. The number of nitrogens with zero attached hydrogens (tertiary/aromatic N) is 3. The molecule has 3 saturated heterocycles. The fourth-order valence-corrected chi connectivity index (χ4v) is 4.68. The zero-order valence-corrected chi connectivity index (χ0v) is 14.0. The molecule has 130 valence electrons. The molecular formula is C18H24FN3O2. The molecule has 4 rings (SSSR count). The van der Waals surface area contributed by atoms with Gasteiger partial charge in [-0.3, -0.25) is 14.6 Å². The SMILES string of the molecule is CC(=O)N1C[C@@H]2C[C@@H](O)CN2C2(CN(Cc3ccc(F)cc3)C2)C1. The van der Waals surface area contributed by atoms with E-state index < -0.39 is 0 Å². The normalized spacial score (nSPS) is 29.5. The van der Waals surface area contributed by atoms with Gasteiger partial charge in [-0.25, -0.2) is 4.39 Å². The van der Waals surface area contributed by atoms with Gasteiger partial charge in [-0.2, -0.15) is 0 Å². The molecule has 0 aromatic heterocycles. The maximum absolute atomic E-state index is 13.0. The molecule has 0 aliphatic carbocycles. The Kier molecular flexibility index (Phi) is 3.86. The van der Waals surface area contributed by atoms with Gasteiger partial charge in [0.2, 0.25) is 5.91 Å². The van der Waals surface area contributed by atoms with Crippen LogP contribution in [0, 0.1) is 5.82 Å². The number of hydrogen-bond acceptors (Lipinski definition) is 4. The Hall–Kier alpha value is -1.50. The molecule has 0 bridgehead atoms. The van der Waals surface area contributed by atoms with Crippen molar-refractivity contribution in [3.63, 3.8) is 0 Å². The van der Waals surface area contributed by atoms with Crippen molar-refractivity contribution >= 4 is 5.91 Å². The second-order valence-corrected chi connectivity index (χ2v) is 7.59. The number of hydrogen-bond donors (Lipinski definition) is 1. The molecule has 5 nitrogen and oxygen atoms in total. The maximum Gasteiger partial charge on any atom is 0.219 e. The van der Waals surface area contributed by atoms with Crippen LogP contribution < -0.4 is 0 Å². The van der Waals surface area contributed by atoms with Gasteiger partial charge in [-0.15, -0.1) is 0 Å². The molecule has 3 fully saturated rings. The van der Waals surface area contributed by atoms with Gasteiger partial charge < -0.3 is 10.0 Å². The van der Waals surface area contributed by atoms with Gasteiger partial charge in [0.15, 0.2) is 0 Å². The quantitative estimate of drug-likeness (QED) is 0.865. The standard InChI is InChI=1S/C18H24FN3O2/c1-13(23)21-8-16-6-17(24)9-22(16)18(12-21)10-20(11-18)7-14-2-4-15(19)5-3-14/h2-5,16-17,24H,6-12H2,1H3/t16-,17+/m0/s1. The molecule has 3 aliphatic heterocycles. The van der Waals surface area contributed by atoms with Crippen LogP contribution >= 0.6 is 0 Å². The number of carbonyl (C=O) groups excluding carboxylic acids is 1. The van der Waals surface area contributed by atoms with Crippen LogP contribution in [0.2, 0.25) is 0 Å². The van der Waals surface area contributed by atoms with Crippen molar-refractivity contribution < 1.29 is 14.3 Å². The number of amides is 1. The molecular weight excluding hydrogens is 309 g/mol. The van der Waals surface area contributed by atoms with E-state index in [0.717, 1.165) is 44.7 Å². The van der Waals surface area contributed by atoms with Crippen LogP contribution in [0.5, 0.6) is 0 Å². The number of carbonyl (C=O) groups is 1. The average Bonchev–Trinajstić information content (AvgIpc) is 2.88. The van der Waals surface area contributed by atoms with E-state index in [1.165, 1.54) is 12.1 Å². The third kappa shape index (κ3) is 2.72. The van der Waals surface area contributed by atoms with Crippen LogP contribution in [0.1, 0.15) is 18.9 Å². The van der Waals surface area contributed by atoms with Crippen LogP contribution in [0.25, 0.3) is 0 Å². The molecule has 6 heteroatoms. The first-order valence-corrected chi connectivity index (χ1v) is 8.62. The summed E-state index contributed by atoms with van der Waals surface area (Å²) in [5.74, 6) is -0.0931. The largest absolute Gasteiger partial charge is 0.392 e. The van der Waals surface area contributed by atoms with Gasteiger partial charge in [0.1, 0.15) is 5.82 Å². The summed E-state index contributed by atoms with van der Waals surface area (Å²) in [4.78, 5) is 18.6. The van der Waals surface area contributed by atoms with Gasteiger partial charge in [0.05, 0.1) is 11.6 Å². The van der Waals surface area contributed by atoms with Crippen LogP contribution in [0.15, 0.2) is 24.3 Å². The summed E-state index contributed by atoms with van der Waals surface area (Å²) >= 11 is 0. The van der Waals surface area contributed by atoms with E-state index in [0.29, 0.717) is 6.54 Å². The van der Waals surface area contributed by atoms with E-state index in [1.54, 1.807) is 6.92 Å². The van der Waals surface area contributed by atoms with Crippen LogP contribution in [0.4, 0.5) is 4.39 Å². The van der Waals surface area contributed by atoms with E-state index in [2.05, 4.69) is 9.80 Å². The summed E-state index contributed by atoms with van der Waals surface area (Å²) in [6.45, 7) is 6.37. The Morgan fingerprint density at radius 1 is 1.25 bits per heavy atom. The van der Waals surface area contributed by atoms with Crippen LogP contribution in [0.3, 0.4) is 0 Å². The Labute approximate surface area is 141 Å². The van der Waals surface area contributed by atoms with Crippen molar-refractivity contribution in [3.8, 4) is 0 Å². The monoisotopic (exact) mass is 333 g/mol. The fraction of sp³-hybridized carbons (Fsp3) is 0.611. The number of rotatable bonds is 2. The predicted molar refractivity (Wildman–Crippen MR) is 87.8 cm³/mol. The summed E-state index contributed by atoms with van der Waals surface area (Å²) in [6, 6.07) is 6.91. The Morgan fingerprint density at radius 3 is 2.62 bits per heavy atom. The lowest BCUT2D eigenvalue weighted by Gasteiger charge is -2.61. The molecule has 1 aromatic rings. The van der Waals surface area contributed by atoms with E-state index in [-0.39, 0.29) is 29.4 Å². The van der Waals surface area contributed by atoms with Gasteiger partial charge >= 0.3 is 0 Å². The van der Waals surface area contributed by atoms with Crippen molar-refractivity contribution in [1.82, 2.24) is 14.7 Å². The number of halogens is 1. The van der Waals surface area contributed by atoms with Crippen molar-refractivity contribution in [2.24, 2.45) is 0 Å². The van der Waals surface area contributed by atoms with E-state index in [9.17, 15) is 14.3 Å². The number of likely N-dealkylation sites (tertiary alicyclic amines) is 1. The number of β-amino-alcohol motifs (C(OH)–C–C–N with tert-alkyl or cyclic N) is 1. The highest BCUT2D eigenvalue weighted by Gasteiger charge is 2.56. The maximum atomic E-state index is 13.0. The zero-order chi connectivity index (χ0) is 16.9. The van der Waals surface area contributed by atoms with Crippen molar-refractivity contribution in [2.75, 3.05) is 32.7 Å². The van der Waals surface area contributed by atoms with E-state index in [4.69, 9.17) is 0 Å². The molecule has 1 N–H and O–H groups in total. The van der Waals surface area contributed by atoms with E-state index in [1.807, 2.05) is 17.0 Å². The summed E-state index contributed by atoms with van der Waals surface area (Å²) < 4.78 is 13.0. The van der Waals surface area contributed by atoms with E-state index >= 15 is 0 Å². The van der Waals surface area contributed by atoms with Gasteiger partial charge in [0, 0.05) is 52.2 Å². The first-order valence-electron chi connectivity index (χ1n) is 8.62. The lowest BCUT2D eigenvalue weighted by Crippen LogP contribution is -2.78.